The van der Waals surface area contributed by atoms with E-state index >= 15 is 0 Å². The van der Waals surface area contributed by atoms with Gasteiger partial charge in [0.2, 0.25) is 0 Å². The molecule has 12 rings (SSSR count). The van der Waals surface area contributed by atoms with E-state index in [0.717, 1.165) is 55.6 Å². The summed E-state index contributed by atoms with van der Waals surface area (Å²) in [5.74, 6) is 1.88. The van der Waals surface area contributed by atoms with Gasteiger partial charge in [-0.15, -0.1) is 0 Å². The number of ether oxygens (including phenoxy) is 1. The van der Waals surface area contributed by atoms with Crippen molar-refractivity contribution < 1.29 is 9.15 Å². The molecule has 0 amide bonds. The molecule has 4 nitrogen and oxygen atoms in total. The lowest BCUT2D eigenvalue weighted by Gasteiger charge is -2.40. The van der Waals surface area contributed by atoms with Gasteiger partial charge in [0.15, 0.2) is 0 Å². The fraction of sp³-hybridized carbons (Fsp3) is 0.0800. The van der Waals surface area contributed by atoms with Crippen LogP contribution in [0.4, 0.5) is 0 Å². The van der Waals surface area contributed by atoms with Crippen molar-refractivity contribution in [2.24, 2.45) is 0 Å². The molecule has 0 saturated carbocycles. The highest BCUT2D eigenvalue weighted by molar-refractivity contribution is 6.07. The van der Waals surface area contributed by atoms with Crippen LogP contribution < -0.4 is 15.4 Å². The first-order valence-electron chi connectivity index (χ1n) is 18.8. The monoisotopic (exact) mass is 694 g/mol. The van der Waals surface area contributed by atoms with Crippen LogP contribution in [-0.4, -0.2) is 6.04 Å². The molecular weight excluding hydrogens is 661 g/mol. The topological polar surface area (TPSA) is 46.4 Å². The van der Waals surface area contributed by atoms with Crippen LogP contribution in [-0.2, 0) is 5.41 Å². The van der Waals surface area contributed by atoms with E-state index in [1.54, 1.807) is 0 Å². The predicted molar refractivity (Wildman–Crippen MR) is 218 cm³/mol. The summed E-state index contributed by atoms with van der Waals surface area (Å²) in [6, 6.07) is 50.5. The minimum atomic E-state index is -0.582. The Morgan fingerprint density at radius 1 is 0.593 bits per heavy atom. The predicted octanol–water partition coefficient (Wildman–Crippen LogP) is 11.6. The molecule has 2 aliphatic carbocycles. The van der Waals surface area contributed by atoms with Crippen LogP contribution in [0.25, 0.3) is 49.5 Å². The van der Waals surface area contributed by atoms with E-state index in [2.05, 4.69) is 175 Å². The van der Waals surface area contributed by atoms with E-state index in [1.807, 2.05) is 6.07 Å². The van der Waals surface area contributed by atoms with Gasteiger partial charge in [-0.25, -0.2) is 0 Å². The van der Waals surface area contributed by atoms with Gasteiger partial charge < -0.3 is 14.5 Å². The number of hydrogen-bond donors (Lipinski definition) is 2. The summed E-state index contributed by atoms with van der Waals surface area (Å²) in [4.78, 5) is 0. The molecule has 0 bridgehead atoms. The van der Waals surface area contributed by atoms with Gasteiger partial charge in [-0.1, -0.05) is 152 Å². The Bertz CT molecular complexity index is 3020. The highest BCUT2D eigenvalue weighted by atomic mass is 16.5. The second-order valence-corrected chi connectivity index (χ2v) is 14.9. The van der Waals surface area contributed by atoms with Crippen LogP contribution in [0.5, 0.6) is 11.5 Å². The molecule has 0 saturated heterocycles. The Labute approximate surface area is 312 Å². The Kier molecular flexibility index (Phi) is 6.07. The Hall–Kier alpha value is -6.62. The van der Waals surface area contributed by atoms with E-state index < -0.39 is 5.41 Å². The molecular formula is C50H34N2O2. The fourth-order valence-corrected chi connectivity index (χ4v) is 9.91. The molecule has 7 aromatic carbocycles. The van der Waals surface area contributed by atoms with Crippen molar-refractivity contribution in [2.45, 2.75) is 24.5 Å². The zero-order valence-electron chi connectivity index (χ0n) is 29.6. The average molecular weight is 695 g/mol. The van der Waals surface area contributed by atoms with E-state index in [4.69, 9.17) is 9.15 Å². The maximum absolute atomic E-state index is 7.02. The molecule has 2 N–H and O–H groups in total. The van der Waals surface area contributed by atoms with Crippen molar-refractivity contribution in [2.75, 3.05) is 0 Å². The summed E-state index contributed by atoms with van der Waals surface area (Å²) in [6.07, 6.45) is 8.66. The zero-order chi connectivity index (χ0) is 35.5. The first kappa shape index (κ1) is 29.9. The average Bonchev–Trinajstić information content (AvgIpc) is 3.75. The summed E-state index contributed by atoms with van der Waals surface area (Å²) in [7, 11) is 0. The van der Waals surface area contributed by atoms with Crippen molar-refractivity contribution >= 4 is 38.4 Å². The standard InChI is InChI=1S/C50H34N2O2/c1-29-13-10-23-39-47(29)54-48-31-15-3-2-14-30(31)27-28-40(48)50(39)37-21-7-4-16-32(37)44-35(19-11-22-38(44)50)46-33-17-5-8-24-41(33)51-49(52-46)36-20-12-26-43-45(36)34-18-6-9-25-42(34)53-43/h2-28,41,49,51-52H,1H3. The number of nitrogens with one attached hydrogen (secondary N) is 2. The number of benzene rings is 7. The lowest BCUT2D eigenvalue weighted by atomic mass is 9.65. The lowest BCUT2D eigenvalue weighted by molar-refractivity contribution is 0.438. The molecule has 54 heavy (non-hydrogen) atoms. The van der Waals surface area contributed by atoms with E-state index in [0.29, 0.717) is 0 Å². The van der Waals surface area contributed by atoms with Gasteiger partial charge in [-0.05, 0) is 57.8 Å². The first-order chi connectivity index (χ1) is 26.7. The van der Waals surface area contributed by atoms with Gasteiger partial charge in [0.25, 0.3) is 0 Å². The van der Waals surface area contributed by atoms with Gasteiger partial charge in [0.05, 0.1) is 11.5 Å². The second-order valence-electron chi connectivity index (χ2n) is 14.9. The van der Waals surface area contributed by atoms with Crippen molar-refractivity contribution in [3.63, 3.8) is 0 Å². The number of allylic oxidation sites excluding steroid dienone is 2. The minimum Gasteiger partial charge on any atom is -0.456 e. The molecule has 256 valence electrons. The molecule has 3 unspecified atom stereocenters. The van der Waals surface area contributed by atoms with Crippen molar-refractivity contribution in [3.8, 4) is 22.6 Å². The Balaban J connectivity index is 1.13. The van der Waals surface area contributed by atoms with Crippen molar-refractivity contribution in [1.29, 1.82) is 0 Å². The summed E-state index contributed by atoms with van der Waals surface area (Å²) in [5.41, 5.74) is 14.5. The molecule has 0 fully saturated rings. The summed E-state index contributed by atoms with van der Waals surface area (Å²) in [6.45, 7) is 2.17. The van der Waals surface area contributed by atoms with E-state index in [1.165, 1.54) is 49.9 Å². The third-order valence-electron chi connectivity index (χ3n) is 12.1. The smallest absolute Gasteiger partial charge is 0.140 e. The van der Waals surface area contributed by atoms with Crippen LogP contribution >= 0.6 is 0 Å². The van der Waals surface area contributed by atoms with Gasteiger partial charge in [-0.3, -0.25) is 5.32 Å². The van der Waals surface area contributed by atoms with E-state index in [-0.39, 0.29) is 12.2 Å². The van der Waals surface area contributed by atoms with Crippen LogP contribution in [0.2, 0.25) is 0 Å². The zero-order valence-corrected chi connectivity index (χ0v) is 29.6. The maximum atomic E-state index is 7.02. The third kappa shape index (κ3) is 3.85. The SMILES string of the molecule is Cc1cccc2c1Oc1c(ccc3ccccc13)C21c2ccccc2-c2c(C3=C4C=CC=CC4NC(c4cccc5oc6ccccc6c45)N3)cccc21. The highest BCUT2D eigenvalue weighted by Crippen LogP contribution is 2.64. The van der Waals surface area contributed by atoms with Gasteiger partial charge in [-0.2, -0.15) is 0 Å². The molecule has 2 aliphatic heterocycles. The van der Waals surface area contributed by atoms with E-state index in [9.17, 15) is 0 Å². The highest BCUT2D eigenvalue weighted by Gasteiger charge is 2.52. The van der Waals surface area contributed by atoms with Gasteiger partial charge >= 0.3 is 0 Å². The van der Waals surface area contributed by atoms with Crippen LogP contribution in [0, 0.1) is 6.92 Å². The molecule has 3 atom stereocenters. The molecule has 1 aromatic heterocycles. The Morgan fingerprint density at radius 2 is 1.33 bits per heavy atom. The Morgan fingerprint density at radius 3 is 2.30 bits per heavy atom. The largest absolute Gasteiger partial charge is 0.456 e. The first-order valence-corrected chi connectivity index (χ1v) is 18.8. The molecule has 3 heterocycles. The molecule has 0 radical (unpaired) electrons. The van der Waals surface area contributed by atoms with Crippen LogP contribution in [0.1, 0.15) is 45.1 Å². The normalized spacial score (nSPS) is 20.4. The number of fused-ring (bicyclic) bond motifs is 15. The summed E-state index contributed by atoms with van der Waals surface area (Å²) >= 11 is 0. The van der Waals surface area contributed by atoms with Crippen LogP contribution in [0.3, 0.4) is 0 Å². The quantitative estimate of drug-likeness (QED) is 0.189. The molecule has 1 spiro atoms. The second kappa shape index (κ2) is 11.0. The molecule has 8 aromatic rings. The van der Waals surface area contributed by atoms with Gasteiger partial charge in [0.1, 0.15) is 28.8 Å². The molecule has 4 aliphatic rings. The lowest BCUT2D eigenvalue weighted by Crippen LogP contribution is -2.46. The third-order valence-corrected chi connectivity index (χ3v) is 12.1. The molecule has 4 heteroatoms. The van der Waals surface area contributed by atoms with Crippen molar-refractivity contribution in [3.05, 3.63) is 208 Å². The number of hydrogen-bond acceptors (Lipinski definition) is 4. The van der Waals surface area contributed by atoms with Crippen molar-refractivity contribution in [1.82, 2.24) is 10.6 Å². The fourth-order valence-electron chi connectivity index (χ4n) is 9.91. The number of para-hydroxylation sites is 2. The van der Waals surface area contributed by atoms with Crippen LogP contribution in [0.15, 0.2) is 174 Å². The maximum Gasteiger partial charge on any atom is 0.140 e. The van der Waals surface area contributed by atoms with Gasteiger partial charge in [0, 0.05) is 44.1 Å². The minimum absolute atomic E-state index is 0.0182. The summed E-state index contributed by atoms with van der Waals surface area (Å²) < 4.78 is 13.4. The number of rotatable bonds is 2. The number of aryl methyl sites for hydroxylation is 1. The summed E-state index contributed by atoms with van der Waals surface area (Å²) in [5, 5.41) is 12.6. The number of furan rings is 1.